The summed E-state index contributed by atoms with van der Waals surface area (Å²) >= 11 is 0. The van der Waals surface area contributed by atoms with Crippen LogP contribution in [0, 0.1) is 17.2 Å². The number of carbonyl (C=O) groups is 1. The second kappa shape index (κ2) is 12.5. The summed E-state index contributed by atoms with van der Waals surface area (Å²) in [5, 5.41) is 12.9. The van der Waals surface area contributed by atoms with Crippen molar-refractivity contribution in [1.29, 1.82) is 5.26 Å². The number of rotatable bonds is 11. The third-order valence-corrected chi connectivity index (χ3v) is 7.23. The number of benzene rings is 2. The van der Waals surface area contributed by atoms with Gasteiger partial charge in [-0.05, 0) is 56.3 Å². The van der Waals surface area contributed by atoms with Gasteiger partial charge in [0.2, 0.25) is 0 Å². The summed E-state index contributed by atoms with van der Waals surface area (Å²) in [6, 6.07) is 18.6. The molecule has 12 heteroatoms. The number of fused-ring (bicyclic) bond motifs is 1. The molecule has 4 aromatic rings. The number of hydrogen-bond acceptors (Lipinski definition) is 9. The molecule has 1 fully saturated rings. The molecule has 3 N–H and O–H groups in total. The highest BCUT2D eigenvalue weighted by atomic mass is 16.5. The average molecular weight is 583 g/mol. The molecule has 0 bridgehead atoms. The number of nitrogens with zero attached hydrogens (tertiary/aromatic N) is 6. The smallest absolute Gasteiger partial charge is 0.335 e. The van der Waals surface area contributed by atoms with E-state index in [1.54, 1.807) is 46.9 Å². The minimum absolute atomic E-state index is 0.00804. The number of hydrogen-bond donors (Lipinski definition) is 2. The van der Waals surface area contributed by atoms with Gasteiger partial charge >= 0.3 is 5.69 Å². The number of nitrogen functional groups attached to an aromatic ring is 1. The molecule has 2 aromatic carbocycles. The lowest BCUT2D eigenvalue weighted by Gasteiger charge is -2.39. The number of aromatic nitrogens is 4. The third-order valence-electron chi connectivity index (χ3n) is 7.23. The van der Waals surface area contributed by atoms with E-state index in [1.165, 1.54) is 10.9 Å². The van der Waals surface area contributed by atoms with E-state index in [-0.39, 0.29) is 28.9 Å². The predicted octanol–water partition coefficient (Wildman–Crippen LogP) is 2.88. The molecule has 0 atom stereocenters. The van der Waals surface area contributed by atoms with Crippen molar-refractivity contribution >= 4 is 22.9 Å². The second-order valence-electron chi connectivity index (χ2n) is 11.0. The van der Waals surface area contributed by atoms with E-state index >= 15 is 0 Å². The highest BCUT2D eigenvalue weighted by Gasteiger charge is 2.34. The number of carbonyl (C=O) groups excluding carboxylic acids is 1. The van der Waals surface area contributed by atoms with Gasteiger partial charge in [-0.2, -0.15) is 5.26 Å². The number of ether oxygens (including phenoxy) is 2. The topological polar surface area (TPSA) is 153 Å². The first-order valence-corrected chi connectivity index (χ1v) is 13.9. The zero-order valence-electron chi connectivity index (χ0n) is 24.4. The number of likely N-dealkylation sites (tertiary alicyclic amines) is 1. The lowest BCUT2D eigenvalue weighted by atomic mass is 9.96. The van der Waals surface area contributed by atoms with Crippen LogP contribution in [0.15, 0.2) is 77.4 Å². The molecule has 0 unspecified atom stereocenters. The summed E-state index contributed by atoms with van der Waals surface area (Å²) < 4.78 is 14.0. The van der Waals surface area contributed by atoms with Crippen LogP contribution >= 0.6 is 0 Å². The van der Waals surface area contributed by atoms with Crippen molar-refractivity contribution in [3.63, 3.8) is 0 Å². The number of imidazole rings is 1. The fourth-order valence-corrected chi connectivity index (χ4v) is 5.10. The van der Waals surface area contributed by atoms with Crippen molar-refractivity contribution in [3.8, 4) is 23.3 Å². The Morgan fingerprint density at radius 3 is 2.51 bits per heavy atom. The SMILES string of the molecule is COCCNC(C)(C)C=C(C#N)C(=O)N1CC(Cn2c(=O)n(-c3ccc(Oc4ccccc4)cc3)c3c(N)ncnc32)C1. The highest BCUT2D eigenvalue weighted by molar-refractivity contribution is 5.98. The summed E-state index contributed by atoms with van der Waals surface area (Å²) in [4.78, 5) is 36.9. The molecule has 5 rings (SSSR count). The fourth-order valence-electron chi connectivity index (χ4n) is 5.10. The van der Waals surface area contributed by atoms with Crippen LogP contribution < -0.4 is 21.5 Å². The fraction of sp³-hybridized carbons (Fsp3) is 0.323. The summed E-state index contributed by atoms with van der Waals surface area (Å²) in [5.74, 6) is 1.16. The van der Waals surface area contributed by atoms with Crippen LogP contribution in [-0.4, -0.2) is 68.8 Å². The molecule has 1 aliphatic rings. The zero-order valence-corrected chi connectivity index (χ0v) is 24.4. The van der Waals surface area contributed by atoms with Crippen LogP contribution in [0.25, 0.3) is 16.9 Å². The maximum atomic E-state index is 13.7. The molecule has 0 saturated carbocycles. The summed E-state index contributed by atoms with van der Waals surface area (Å²) in [5.41, 5.74) is 6.84. The van der Waals surface area contributed by atoms with Gasteiger partial charge in [-0.1, -0.05) is 18.2 Å². The average Bonchev–Trinajstić information content (AvgIpc) is 3.26. The highest BCUT2D eigenvalue weighted by Crippen LogP contribution is 2.27. The molecular weight excluding hydrogens is 548 g/mol. The van der Waals surface area contributed by atoms with E-state index < -0.39 is 5.54 Å². The first-order chi connectivity index (χ1) is 20.7. The van der Waals surface area contributed by atoms with Crippen LogP contribution in [0.3, 0.4) is 0 Å². The van der Waals surface area contributed by atoms with Crippen LogP contribution in [0.2, 0.25) is 0 Å². The van der Waals surface area contributed by atoms with E-state index in [4.69, 9.17) is 15.2 Å². The molecular formula is C31H34N8O4. The van der Waals surface area contributed by atoms with Crippen molar-refractivity contribution < 1.29 is 14.3 Å². The minimum atomic E-state index is -0.565. The number of nitrogens with two attached hydrogens (primary N) is 1. The van der Waals surface area contributed by atoms with E-state index in [0.717, 1.165) is 0 Å². The van der Waals surface area contributed by atoms with Gasteiger partial charge in [0, 0.05) is 44.7 Å². The zero-order chi connectivity index (χ0) is 30.6. The van der Waals surface area contributed by atoms with Crippen LogP contribution in [0.1, 0.15) is 13.8 Å². The predicted molar refractivity (Wildman–Crippen MR) is 162 cm³/mol. The Balaban J connectivity index is 1.33. The van der Waals surface area contributed by atoms with Crippen molar-refractivity contribution in [1.82, 2.24) is 29.3 Å². The van der Waals surface area contributed by atoms with E-state index in [9.17, 15) is 14.9 Å². The molecule has 0 aliphatic carbocycles. The maximum absolute atomic E-state index is 13.7. The van der Waals surface area contributed by atoms with Gasteiger partial charge in [0.1, 0.15) is 35.0 Å². The van der Waals surface area contributed by atoms with Gasteiger partial charge in [-0.15, -0.1) is 0 Å². The van der Waals surface area contributed by atoms with Gasteiger partial charge < -0.3 is 25.4 Å². The molecule has 0 spiro atoms. The lowest BCUT2D eigenvalue weighted by Crippen LogP contribution is -2.52. The monoisotopic (exact) mass is 582 g/mol. The normalized spacial score (nSPS) is 14.0. The summed E-state index contributed by atoms with van der Waals surface area (Å²) in [6.07, 6.45) is 2.98. The summed E-state index contributed by atoms with van der Waals surface area (Å²) in [6.45, 7) is 6.02. The number of anilines is 1. The first-order valence-electron chi connectivity index (χ1n) is 13.9. The number of nitriles is 1. The molecule has 0 radical (unpaired) electrons. The van der Waals surface area contributed by atoms with Crippen molar-refractivity contribution in [2.24, 2.45) is 5.92 Å². The van der Waals surface area contributed by atoms with E-state index in [0.29, 0.717) is 61.1 Å². The Kier molecular flexibility index (Phi) is 8.56. The molecule has 222 valence electrons. The Bertz CT molecular complexity index is 1730. The molecule has 3 heterocycles. The van der Waals surface area contributed by atoms with Crippen LogP contribution in [0.5, 0.6) is 11.5 Å². The third kappa shape index (κ3) is 6.43. The minimum Gasteiger partial charge on any atom is -0.457 e. The van der Waals surface area contributed by atoms with Gasteiger partial charge in [0.25, 0.3) is 5.91 Å². The molecule has 2 aromatic heterocycles. The van der Waals surface area contributed by atoms with Gasteiger partial charge in [-0.3, -0.25) is 13.9 Å². The maximum Gasteiger partial charge on any atom is 0.335 e. The second-order valence-corrected chi connectivity index (χ2v) is 11.0. The van der Waals surface area contributed by atoms with Crippen LogP contribution in [0.4, 0.5) is 5.82 Å². The number of methoxy groups -OCH3 is 1. The number of para-hydroxylation sites is 1. The Labute approximate surface area is 249 Å². The molecule has 1 amide bonds. The van der Waals surface area contributed by atoms with E-state index in [1.807, 2.05) is 50.2 Å². The molecule has 12 nitrogen and oxygen atoms in total. The van der Waals surface area contributed by atoms with Crippen molar-refractivity contribution in [3.05, 3.63) is 83.1 Å². The standard InChI is InChI=1S/C31H34N8O4/c1-31(2,36-13-14-42-3)15-22(16-32)29(40)37-17-21(18-37)19-38-28-26(27(33)34-20-35-28)39(30(38)41)23-9-11-25(12-10-23)43-24-7-5-4-6-8-24/h4-12,15,20-21,36H,13-14,17-19H2,1-3H3,(H2,33,34,35). The molecule has 1 aliphatic heterocycles. The Morgan fingerprint density at radius 2 is 1.84 bits per heavy atom. The lowest BCUT2D eigenvalue weighted by molar-refractivity contribution is -0.133. The molecule has 1 saturated heterocycles. The van der Waals surface area contributed by atoms with Gasteiger partial charge in [-0.25, -0.2) is 14.8 Å². The number of nitrogens with one attached hydrogen (secondary N) is 1. The number of amides is 1. The summed E-state index contributed by atoms with van der Waals surface area (Å²) in [7, 11) is 1.61. The van der Waals surface area contributed by atoms with Crippen molar-refractivity contribution in [2.75, 3.05) is 39.1 Å². The van der Waals surface area contributed by atoms with Crippen LogP contribution in [-0.2, 0) is 16.1 Å². The van der Waals surface area contributed by atoms with Crippen molar-refractivity contribution in [2.45, 2.75) is 25.9 Å². The first kappa shape index (κ1) is 29.5. The van der Waals surface area contributed by atoms with Gasteiger partial charge in [0.05, 0.1) is 12.3 Å². The van der Waals surface area contributed by atoms with E-state index in [2.05, 4.69) is 15.3 Å². The quantitative estimate of drug-likeness (QED) is 0.154. The molecule has 43 heavy (non-hydrogen) atoms. The van der Waals surface area contributed by atoms with Gasteiger partial charge in [0.15, 0.2) is 11.5 Å². The Morgan fingerprint density at radius 1 is 1.14 bits per heavy atom. The largest absolute Gasteiger partial charge is 0.457 e. The Hall–Kier alpha value is -4.99.